The minimum Gasteiger partial charge on any atom is -0.311 e. The number of unbranched alkanes of at least 4 members (excludes halogenated alkanes) is 18. The van der Waals surface area contributed by atoms with E-state index in [0.717, 1.165) is 72.6 Å². The summed E-state index contributed by atoms with van der Waals surface area (Å²) < 4.78 is 2.79. The summed E-state index contributed by atoms with van der Waals surface area (Å²) in [6.45, 7) is 18.5. The van der Waals surface area contributed by atoms with Gasteiger partial charge in [0.2, 0.25) is 0 Å². The van der Waals surface area contributed by atoms with E-state index < -0.39 is 0 Å². The zero-order chi connectivity index (χ0) is 82.6. The van der Waals surface area contributed by atoms with Gasteiger partial charge in [-0.15, -0.1) is 0 Å². The second kappa shape index (κ2) is 41.0. The van der Waals surface area contributed by atoms with Crippen LogP contribution in [0.4, 0.5) is 34.1 Å². The van der Waals surface area contributed by atoms with Crippen LogP contribution in [0.15, 0.2) is 285 Å². The quantitative estimate of drug-likeness (QED) is 0.0353. The average molecular weight is 1580 g/mol. The zero-order valence-corrected chi connectivity index (χ0v) is 73.7. The Labute approximate surface area is 721 Å². The first-order chi connectivity index (χ1) is 59.1. The molecular weight excluding hydrogens is 1450 g/mol. The Morgan fingerprint density at radius 2 is 0.608 bits per heavy atom. The van der Waals surface area contributed by atoms with Crippen LogP contribution in [-0.4, -0.2) is 4.57 Å². The third-order valence-electron chi connectivity index (χ3n) is 26.3. The van der Waals surface area contributed by atoms with E-state index in [1.54, 1.807) is 11.1 Å². The summed E-state index contributed by atoms with van der Waals surface area (Å²) in [5.74, 6) is 0. The fourth-order valence-corrected chi connectivity index (χ4v) is 19.4. The van der Waals surface area contributed by atoms with Gasteiger partial charge >= 0.3 is 0 Å². The van der Waals surface area contributed by atoms with Crippen molar-refractivity contribution in [2.24, 2.45) is 0 Å². The van der Waals surface area contributed by atoms with Gasteiger partial charge in [-0.2, -0.15) is 0 Å². The van der Waals surface area contributed by atoms with Crippen molar-refractivity contribution in [3.63, 3.8) is 0 Å². The molecule has 1 aromatic heterocycles. The van der Waals surface area contributed by atoms with Gasteiger partial charge < -0.3 is 14.4 Å². The normalized spacial score (nSPS) is 12.2. The van der Waals surface area contributed by atoms with E-state index in [2.05, 4.69) is 355 Å². The Kier molecular flexibility index (Phi) is 28.8. The molecule has 3 nitrogen and oxygen atoms in total. The number of hydrogen-bond donors (Lipinski definition) is 0. The lowest BCUT2D eigenvalue weighted by atomic mass is 9.70. The number of fused-ring (bicyclic) bond motifs is 6. The Morgan fingerprint density at radius 3 is 1.07 bits per heavy atom. The molecule has 120 heavy (non-hydrogen) atoms. The summed E-state index contributed by atoms with van der Waals surface area (Å²) in [6, 6.07) is 111. The van der Waals surface area contributed by atoms with Crippen molar-refractivity contribution in [2.75, 3.05) is 9.80 Å². The van der Waals surface area contributed by atoms with Gasteiger partial charge in [0.25, 0.3) is 0 Å². The summed E-state index contributed by atoms with van der Waals surface area (Å²) in [4.78, 5) is 4.85. The van der Waals surface area contributed by atoms with Gasteiger partial charge in [0.15, 0.2) is 0 Å². The first-order valence-corrected chi connectivity index (χ1v) is 46.9. The standard InChI is InChI=1S/C117H131N3/c1-9-15-21-25-27-34-78-117(79-35-28-26-22-16-10-2)112-80-87(8)44-76-107(112)109-84-111-110-81-98(90-38-32-29-33-39-90)63-77-114(110)120(116(111)85-113(109)117)115-83-99(40-30-23-17-11-3)108(82-100(115)41-31-24-18-12-4)97-61-74-106(75-62-97)119(104-68-55-94(56-69-104)92-51-47-89(48-52-92)37-20-14-6)105-72-59-96(60-73-105)95-57-70-103(71-58-95)118(101-64-42-86(7)43-65-101)102-66-53-93(54-67-102)91-49-45-88(46-50-91)36-19-13-5/h29,32-33,38-39,42-77,80-85H,9-28,30-31,34-37,40-41,78-79H2,1-8H3. The Morgan fingerprint density at radius 1 is 0.242 bits per heavy atom. The minimum absolute atomic E-state index is 0.0556. The molecule has 0 unspecified atom stereocenters. The molecule has 0 fully saturated rings. The van der Waals surface area contributed by atoms with Crippen LogP contribution in [0.3, 0.4) is 0 Å². The molecule has 0 saturated heterocycles. The third-order valence-corrected chi connectivity index (χ3v) is 26.3. The van der Waals surface area contributed by atoms with Crippen LogP contribution >= 0.6 is 0 Å². The smallest absolute Gasteiger partial charge is 0.0544 e. The average Bonchev–Trinajstić information content (AvgIpc) is 1.54. The van der Waals surface area contributed by atoms with Crippen LogP contribution < -0.4 is 9.80 Å². The lowest BCUT2D eigenvalue weighted by Crippen LogP contribution is -2.25. The fraction of sp³-hybridized carbons (Fsp3) is 0.333. The fourth-order valence-electron chi connectivity index (χ4n) is 19.4. The second-order valence-corrected chi connectivity index (χ2v) is 35.1. The maximum atomic E-state index is 2.79. The highest BCUT2D eigenvalue weighted by atomic mass is 15.1. The van der Waals surface area contributed by atoms with Crippen LogP contribution in [0.1, 0.15) is 253 Å². The maximum Gasteiger partial charge on any atom is 0.0544 e. The Bertz CT molecular complexity index is 5570. The molecule has 13 aromatic carbocycles. The maximum absolute atomic E-state index is 2.79. The number of anilines is 6. The van der Waals surface area contributed by atoms with Gasteiger partial charge in [-0.05, 0) is 287 Å². The molecule has 0 amide bonds. The van der Waals surface area contributed by atoms with Crippen molar-refractivity contribution >= 4 is 55.9 Å². The molecular formula is C117H131N3. The molecule has 0 radical (unpaired) electrons. The molecule has 0 N–H and O–H groups in total. The summed E-state index contributed by atoms with van der Waals surface area (Å²) in [5.41, 5.74) is 37.6. The molecule has 14 aromatic rings. The first-order valence-electron chi connectivity index (χ1n) is 46.9. The molecule has 0 atom stereocenters. The highest BCUT2D eigenvalue weighted by Gasteiger charge is 2.43. The van der Waals surface area contributed by atoms with E-state index in [0.29, 0.717) is 0 Å². The summed E-state index contributed by atoms with van der Waals surface area (Å²) in [5, 5.41) is 2.70. The summed E-state index contributed by atoms with van der Waals surface area (Å²) >= 11 is 0. The molecule has 0 spiro atoms. The highest BCUT2D eigenvalue weighted by Crippen LogP contribution is 2.57. The highest BCUT2D eigenvalue weighted by molar-refractivity contribution is 6.13. The van der Waals surface area contributed by atoms with Crippen molar-refractivity contribution in [3.05, 3.63) is 330 Å². The van der Waals surface area contributed by atoms with Crippen LogP contribution in [-0.2, 0) is 31.1 Å². The third kappa shape index (κ3) is 19.5. The monoisotopic (exact) mass is 1580 g/mol. The van der Waals surface area contributed by atoms with Gasteiger partial charge in [-0.1, -0.05) is 357 Å². The van der Waals surface area contributed by atoms with E-state index in [1.165, 1.54) is 282 Å². The molecule has 3 heteroatoms. The van der Waals surface area contributed by atoms with E-state index in [4.69, 9.17) is 0 Å². The van der Waals surface area contributed by atoms with Crippen molar-refractivity contribution in [3.8, 4) is 72.4 Å². The number of benzene rings is 13. The van der Waals surface area contributed by atoms with Gasteiger partial charge in [0.05, 0.1) is 11.0 Å². The van der Waals surface area contributed by atoms with Crippen molar-refractivity contribution in [2.45, 2.75) is 253 Å². The Hall–Kier alpha value is -10.7. The van der Waals surface area contributed by atoms with Crippen LogP contribution in [0.2, 0.25) is 0 Å². The van der Waals surface area contributed by atoms with Crippen molar-refractivity contribution in [1.29, 1.82) is 0 Å². The number of rotatable bonds is 42. The molecule has 15 rings (SSSR count). The van der Waals surface area contributed by atoms with E-state index in [-0.39, 0.29) is 5.41 Å². The van der Waals surface area contributed by atoms with Crippen LogP contribution in [0.25, 0.3) is 94.3 Å². The van der Waals surface area contributed by atoms with Gasteiger partial charge in [-0.25, -0.2) is 0 Å². The van der Waals surface area contributed by atoms with Gasteiger partial charge in [0.1, 0.15) is 0 Å². The number of nitrogens with zero attached hydrogens (tertiary/aromatic N) is 3. The predicted octanol–water partition coefficient (Wildman–Crippen LogP) is 35.4. The largest absolute Gasteiger partial charge is 0.311 e. The van der Waals surface area contributed by atoms with Crippen molar-refractivity contribution in [1.82, 2.24) is 4.57 Å². The molecule has 0 aliphatic heterocycles. The lowest BCUT2D eigenvalue weighted by molar-refractivity contribution is 0.398. The molecule has 0 bridgehead atoms. The number of aryl methyl sites for hydroxylation is 6. The van der Waals surface area contributed by atoms with Crippen LogP contribution in [0, 0.1) is 13.8 Å². The molecule has 1 aliphatic rings. The van der Waals surface area contributed by atoms with Gasteiger partial charge in [0, 0.05) is 56.0 Å². The summed E-state index contributed by atoms with van der Waals surface area (Å²) in [7, 11) is 0. The zero-order valence-electron chi connectivity index (χ0n) is 73.7. The van der Waals surface area contributed by atoms with Crippen molar-refractivity contribution < 1.29 is 0 Å². The minimum atomic E-state index is -0.0556. The van der Waals surface area contributed by atoms with Crippen LogP contribution in [0.5, 0.6) is 0 Å². The Balaban J connectivity index is 0.823. The number of hydrogen-bond acceptors (Lipinski definition) is 2. The van der Waals surface area contributed by atoms with E-state index in [9.17, 15) is 0 Å². The van der Waals surface area contributed by atoms with Gasteiger partial charge in [-0.3, -0.25) is 0 Å². The molecule has 0 saturated carbocycles. The molecule has 1 heterocycles. The van der Waals surface area contributed by atoms with E-state index >= 15 is 0 Å². The summed E-state index contributed by atoms with van der Waals surface area (Å²) in [6.07, 6.45) is 36.8. The number of aromatic nitrogens is 1. The molecule has 614 valence electrons. The first kappa shape index (κ1) is 84.3. The topological polar surface area (TPSA) is 11.4 Å². The molecule has 1 aliphatic carbocycles. The van der Waals surface area contributed by atoms with E-state index in [1.807, 2.05) is 0 Å². The predicted molar refractivity (Wildman–Crippen MR) is 522 cm³/mol. The SMILES string of the molecule is CCCCCCCCC1(CCCCCCCC)c2cc(C)ccc2-c2cc3c4cc(-c5ccccc5)ccc4n(-c4cc(CCCCCC)c(-c5ccc(N(c6ccc(-c7ccc(CCCC)cc7)cc6)c6ccc(-c7ccc(N(c8ccc(C)cc8)c8ccc(-c9ccc(CCCC)cc9)cc8)cc7)cc6)cc5)cc4CCCCCC)c3cc21. The lowest BCUT2D eigenvalue weighted by Gasteiger charge is -2.33. The second-order valence-electron chi connectivity index (χ2n) is 35.1.